The smallest absolute Gasteiger partial charge is 0.339 e. The molecular formula is C27H21FO5. The van der Waals surface area contributed by atoms with E-state index in [0.29, 0.717) is 16.9 Å². The summed E-state index contributed by atoms with van der Waals surface area (Å²) in [4.78, 5) is 25.7. The molecule has 0 bridgehead atoms. The van der Waals surface area contributed by atoms with Crippen molar-refractivity contribution in [3.8, 4) is 11.5 Å². The largest absolute Gasteiger partial charge is 0.494 e. The number of methoxy groups -OCH3 is 1. The van der Waals surface area contributed by atoms with Crippen LogP contribution in [0.4, 0.5) is 4.39 Å². The van der Waals surface area contributed by atoms with E-state index >= 15 is 0 Å². The standard InChI is InChI=1S/C27H21FO5/c1-31-23-13-10-17(14-22(23)28)25(29)26(16-6-3-2-4-7-16)32-18-11-12-20-19-8-5-9-21(19)27(30)33-24(20)15-18/h2-4,6-7,10-15,26H,5,8-9H2,1H3/t26-/m0/s1. The molecule has 5 rings (SSSR count). The van der Waals surface area contributed by atoms with E-state index in [9.17, 15) is 14.0 Å². The lowest BCUT2D eigenvalue weighted by Gasteiger charge is -2.19. The Morgan fingerprint density at radius 2 is 1.79 bits per heavy atom. The van der Waals surface area contributed by atoms with Crippen LogP contribution in [0.15, 0.2) is 75.9 Å². The summed E-state index contributed by atoms with van der Waals surface area (Å²) >= 11 is 0. The first-order valence-electron chi connectivity index (χ1n) is 10.7. The molecule has 6 heteroatoms. The first kappa shape index (κ1) is 20.9. The van der Waals surface area contributed by atoms with Gasteiger partial charge in [-0.15, -0.1) is 0 Å². The highest BCUT2D eigenvalue weighted by Gasteiger charge is 2.26. The van der Waals surface area contributed by atoms with Crippen LogP contribution in [0.3, 0.4) is 0 Å². The van der Waals surface area contributed by atoms with E-state index in [2.05, 4.69) is 0 Å². The monoisotopic (exact) mass is 444 g/mol. The van der Waals surface area contributed by atoms with Gasteiger partial charge in [0.25, 0.3) is 0 Å². The predicted molar refractivity (Wildman–Crippen MR) is 122 cm³/mol. The highest BCUT2D eigenvalue weighted by Crippen LogP contribution is 2.32. The van der Waals surface area contributed by atoms with Crippen LogP contribution in [0.25, 0.3) is 11.0 Å². The molecule has 1 atom stereocenters. The first-order valence-corrected chi connectivity index (χ1v) is 10.7. The minimum atomic E-state index is -1.02. The Balaban J connectivity index is 1.53. The second kappa shape index (κ2) is 8.54. The van der Waals surface area contributed by atoms with E-state index in [1.807, 2.05) is 12.1 Å². The minimum absolute atomic E-state index is 0.0563. The predicted octanol–water partition coefficient (Wildman–Crippen LogP) is 5.43. The number of carbonyl (C=O) groups is 1. The molecule has 3 aromatic carbocycles. The van der Waals surface area contributed by atoms with E-state index in [-0.39, 0.29) is 16.9 Å². The summed E-state index contributed by atoms with van der Waals surface area (Å²) < 4.78 is 30.9. The van der Waals surface area contributed by atoms with Crippen LogP contribution >= 0.6 is 0 Å². The number of Topliss-reactive ketones (excluding diaryl/α,β-unsaturated/α-hetero) is 1. The molecule has 0 amide bonds. The van der Waals surface area contributed by atoms with Crippen molar-refractivity contribution in [2.75, 3.05) is 7.11 Å². The fourth-order valence-corrected chi connectivity index (χ4v) is 4.35. The molecule has 0 spiro atoms. The quantitative estimate of drug-likeness (QED) is 0.293. The summed E-state index contributed by atoms with van der Waals surface area (Å²) in [5.41, 5.74) is 2.65. The van der Waals surface area contributed by atoms with Gasteiger partial charge in [-0.25, -0.2) is 9.18 Å². The maximum Gasteiger partial charge on any atom is 0.339 e. The SMILES string of the molecule is COc1ccc(C(=O)[C@@H](Oc2ccc3c4c(c(=O)oc3c2)CCC4)c2ccccc2)cc1F. The Kier molecular flexibility index (Phi) is 5.42. The van der Waals surface area contributed by atoms with Crippen LogP contribution in [0, 0.1) is 5.82 Å². The molecule has 166 valence electrons. The zero-order valence-electron chi connectivity index (χ0n) is 18.0. The summed E-state index contributed by atoms with van der Waals surface area (Å²) in [5, 5.41) is 0.884. The molecule has 0 aliphatic heterocycles. The summed E-state index contributed by atoms with van der Waals surface area (Å²) in [5.74, 6) is -0.602. The van der Waals surface area contributed by atoms with Gasteiger partial charge in [0.1, 0.15) is 11.3 Å². The average molecular weight is 444 g/mol. The normalized spacial score (nSPS) is 13.5. The Morgan fingerprint density at radius 3 is 2.55 bits per heavy atom. The van der Waals surface area contributed by atoms with Crippen molar-refractivity contribution >= 4 is 16.8 Å². The van der Waals surface area contributed by atoms with Crippen LogP contribution in [0.5, 0.6) is 11.5 Å². The zero-order valence-corrected chi connectivity index (χ0v) is 18.0. The molecule has 0 saturated carbocycles. The lowest BCUT2D eigenvalue weighted by atomic mass is 9.99. The third-order valence-electron chi connectivity index (χ3n) is 5.98. The maximum absolute atomic E-state index is 14.3. The summed E-state index contributed by atoms with van der Waals surface area (Å²) in [6, 6.07) is 18.3. The third kappa shape index (κ3) is 3.89. The molecule has 4 aromatic rings. The van der Waals surface area contributed by atoms with Crippen molar-refractivity contribution in [2.45, 2.75) is 25.4 Å². The van der Waals surface area contributed by atoms with Crippen LogP contribution in [0.1, 0.15) is 39.6 Å². The van der Waals surface area contributed by atoms with Gasteiger partial charge in [0.2, 0.25) is 5.78 Å². The fraction of sp³-hybridized carbons (Fsp3) is 0.185. The highest BCUT2D eigenvalue weighted by atomic mass is 19.1. The van der Waals surface area contributed by atoms with Gasteiger partial charge in [0.15, 0.2) is 17.7 Å². The second-order valence-corrected chi connectivity index (χ2v) is 7.98. The molecule has 5 nitrogen and oxygen atoms in total. The number of hydrogen-bond donors (Lipinski definition) is 0. The number of hydrogen-bond acceptors (Lipinski definition) is 5. The summed E-state index contributed by atoms with van der Waals surface area (Å²) in [6.07, 6.45) is 1.48. The van der Waals surface area contributed by atoms with Crippen molar-refractivity contribution in [1.82, 2.24) is 0 Å². The molecule has 1 aliphatic rings. The Bertz CT molecular complexity index is 1410. The van der Waals surface area contributed by atoms with Gasteiger partial charge in [0.05, 0.1) is 7.11 Å². The molecule has 0 radical (unpaired) electrons. The molecule has 0 saturated heterocycles. The molecule has 0 unspecified atom stereocenters. The second-order valence-electron chi connectivity index (χ2n) is 7.98. The van der Waals surface area contributed by atoms with Gasteiger partial charge in [-0.3, -0.25) is 4.79 Å². The number of rotatable bonds is 6. The third-order valence-corrected chi connectivity index (χ3v) is 5.98. The van der Waals surface area contributed by atoms with Crippen molar-refractivity contribution in [3.63, 3.8) is 0 Å². The molecule has 0 N–H and O–H groups in total. The number of ketones is 1. The van der Waals surface area contributed by atoms with E-state index in [4.69, 9.17) is 13.9 Å². The first-order chi connectivity index (χ1) is 16.0. The van der Waals surface area contributed by atoms with Crippen LogP contribution < -0.4 is 15.1 Å². The Hall–Kier alpha value is -3.93. The molecule has 33 heavy (non-hydrogen) atoms. The topological polar surface area (TPSA) is 65.7 Å². The number of ether oxygens (including phenoxy) is 2. The van der Waals surface area contributed by atoms with E-state index in [1.54, 1.807) is 36.4 Å². The van der Waals surface area contributed by atoms with Gasteiger partial charge < -0.3 is 13.9 Å². The number of carbonyl (C=O) groups excluding carboxylic acids is 1. The van der Waals surface area contributed by atoms with Gasteiger partial charge in [-0.05, 0) is 55.2 Å². The lowest BCUT2D eigenvalue weighted by Crippen LogP contribution is -2.19. The Morgan fingerprint density at radius 1 is 1.00 bits per heavy atom. The summed E-state index contributed by atoms with van der Waals surface area (Å²) in [6.45, 7) is 0. The van der Waals surface area contributed by atoms with Crippen molar-refractivity contribution in [1.29, 1.82) is 0 Å². The zero-order chi connectivity index (χ0) is 22.9. The average Bonchev–Trinajstić information content (AvgIpc) is 3.33. The van der Waals surface area contributed by atoms with E-state index in [0.717, 1.165) is 41.8 Å². The van der Waals surface area contributed by atoms with Gasteiger partial charge in [0, 0.05) is 28.1 Å². The number of fused-ring (bicyclic) bond motifs is 3. The van der Waals surface area contributed by atoms with Gasteiger partial charge >= 0.3 is 5.63 Å². The minimum Gasteiger partial charge on any atom is -0.494 e. The number of aryl methyl sites for hydroxylation is 1. The van der Waals surface area contributed by atoms with Crippen molar-refractivity contribution in [2.24, 2.45) is 0 Å². The fourth-order valence-electron chi connectivity index (χ4n) is 4.35. The van der Waals surface area contributed by atoms with Crippen LogP contribution in [0.2, 0.25) is 0 Å². The van der Waals surface area contributed by atoms with Gasteiger partial charge in [-0.1, -0.05) is 30.3 Å². The molecular weight excluding hydrogens is 423 g/mol. The van der Waals surface area contributed by atoms with E-state index < -0.39 is 17.7 Å². The number of benzene rings is 3. The summed E-state index contributed by atoms with van der Waals surface area (Å²) in [7, 11) is 1.36. The maximum atomic E-state index is 14.3. The highest BCUT2D eigenvalue weighted by molar-refractivity contribution is 6.00. The molecule has 1 aromatic heterocycles. The van der Waals surface area contributed by atoms with Crippen LogP contribution in [-0.2, 0) is 12.8 Å². The Labute approximate surface area is 189 Å². The van der Waals surface area contributed by atoms with Crippen LogP contribution in [-0.4, -0.2) is 12.9 Å². The van der Waals surface area contributed by atoms with Crippen molar-refractivity contribution in [3.05, 3.63) is 105 Å². The molecule has 1 heterocycles. The molecule has 1 aliphatic carbocycles. The van der Waals surface area contributed by atoms with Gasteiger partial charge in [-0.2, -0.15) is 0 Å². The lowest BCUT2D eigenvalue weighted by molar-refractivity contribution is 0.0792. The van der Waals surface area contributed by atoms with Crippen molar-refractivity contribution < 1.29 is 23.1 Å². The number of halogens is 1. The molecule has 0 fully saturated rings. The van der Waals surface area contributed by atoms with E-state index in [1.165, 1.54) is 19.2 Å².